The Morgan fingerprint density at radius 3 is 1.82 bits per heavy atom. The molecule has 3 aliphatic heterocycles. The molecular weight excluding hydrogens is 744 g/mol. The molecule has 0 amide bonds. The van der Waals surface area contributed by atoms with Crippen molar-refractivity contribution in [1.82, 2.24) is 0 Å². The van der Waals surface area contributed by atoms with Crippen LogP contribution in [0.15, 0.2) is 11.6 Å². The molecule has 18 nitrogen and oxygen atoms in total. The van der Waals surface area contributed by atoms with Gasteiger partial charge in [-0.3, -0.25) is 4.79 Å². The lowest BCUT2D eigenvalue weighted by molar-refractivity contribution is -0.378. The van der Waals surface area contributed by atoms with Gasteiger partial charge in [-0.25, -0.2) is 0 Å². The van der Waals surface area contributed by atoms with Crippen LogP contribution in [0, 0.1) is 28.1 Å². The first-order chi connectivity index (χ1) is 26.4. The second kappa shape index (κ2) is 15.6. The Kier molecular flexibility index (Phi) is 11.9. The zero-order chi connectivity index (χ0) is 40.7. The molecule has 21 atom stereocenters. The Labute approximate surface area is 324 Å². The molecule has 3 saturated carbocycles. The highest BCUT2D eigenvalue weighted by Gasteiger charge is 2.68. The minimum Gasteiger partial charge on any atom is -0.432 e. The highest BCUT2D eigenvalue weighted by atomic mass is 16.8. The number of aliphatic hydroxyl groups excluding tert-OH is 11. The molecule has 2 bridgehead atoms. The molecule has 3 unspecified atom stereocenters. The molecule has 0 aromatic heterocycles. The fourth-order valence-corrected chi connectivity index (χ4v) is 11.9. The van der Waals surface area contributed by atoms with Gasteiger partial charge in [0.25, 0.3) is 0 Å². The third-order valence-electron chi connectivity index (χ3n) is 14.9. The fraction of sp³-hybridized carbons (Fsp3) is 0.921. The summed E-state index contributed by atoms with van der Waals surface area (Å²) in [4.78, 5) is 14.1. The average molecular weight is 805 g/mol. The van der Waals surface area contributed by atoms with E-state index in [9.17, 15) is 61.0 Å². The van der Waals surface area contributed by atoms with Crippen LogP contribution in [-0.4, -0.2) is 180 Å². The van der Waals surface area contributed by atoms with Crippen molar-refractivity contribution in [3.05, 3.63) is 11.6 Å². The molecule has 18 heteroatoms. The van der Waals surface area contributed by atoms with Gasteiger partial charge < -0.3 is 84.6 Å². The van der Waals surface area contributed by atoms with E-state index in [0.29, 0.717) is 38.5 Å². The van der Waals surface area contributed by atoms with Crippen LogP contribution in [0.5, 0.6) is 0 Å². The van der Waals surface area contributed by atoms with Gasteiger partial charge in [0.1, 0.15) is 73.2 Å². The molecule has 7 rings (SSSR count). The second-order valence-corrected chi connectivity index (χ2v) is 17.9. The molecule has 7 aliphatic rings. The minimum absolute atomic E-state index is 0.105. The van der Waals surface area contributed by atoms with Crippen molar-refractivity contribution in [2.45, 2.75) is 170 Å². The lowest BCUT2D eigenvalue weighted by Crippen LogP contribution is -2.66. The molecule has 11 N–H and O–H groups in total. The molecule has 3 heterocycles. The molecule has 0 aromatic rings. The molecule has 56 heavy (non-hydrogen) atoms. The number of hydrogen-bond donors (Lipinski definition) is 11. The third-order valence-corrected chi connectivity index (χ3v) is 14.9. The van der Waals surface area contributed by atoms with E-state index in [2.05, 4.69) is 13.0 Å². The molecule has 0 radical (unpaired) electrons. The summed E-state index contributed by atoms with van der Waals surface area (Å²) in [5.74, 6) is -0.604. The van der Waals surface area contributed by atoms with Gasteiger partial charge in [-0.2, -0.15) is 0 Å². The summed E-state index contributed by atoms with van der Waals surface area (Å²) in [6.45, 7) is 4.03. The molecule has 0 aromatic carbocycles. The zero-order valence-electron chi connectivity index (χ0n) is 31.9. The molecule has 4 aliphatic carbocycles. The first-order valence-corrected chi connectivity index (χ1v) is 19.9. The molecule has 6 fully saturated rings. The van der Waals surface area contributed by atoms with Crippen molar-refractivity contribution < 1.29 is 89.4 Å². The Balaban J connectivity index is 1.10. The van der Waals surface area contributed by atoms with Crippen LogP contribution >= 0.6 is 0 Å². The van der Waals surface area contributed by atoms with Crippen LogP contribution < -0.4 is 0 Å². The maximum absolute atomic E-state index is 14.1. The number of ether oxygens (including phenoxy) is 6. The van der Waals surface area contributed by atoms with Crippen LogP contribution in [0.1, 0.15) is 72.1 Å². The van der Waals surface area contributed by atoms with Crippen molar-refractivity contribution in [3.8, 4) is 0 Å². The SMILES string of the molecule is CC1=CC23CCC4[C@](C)(CCC[C@@]4(C)C(=O)O[C@@H]4O[C@H](CO)[C@@H](O)[C@H](O)[C@H]4O)C2CC[C@@]1(O[C@@H]1O[C@H](CO)[C@@H](O)[C@H](O)[C@H]1O[C@@H]1O[C@H](CO)[C@@H](O)[C@H](O)[C@H]1O)C3. The number of fused-ring (bicyclic) bond motifs is 3. The number of rotatable bonds is 9. The Morgan fingerprint density at radius 1 is 0.679 bits per heavy atom. The summed E-state index contributed by atoms with van der Waals surface area (Å²) in [5, 5.41) is 114. The van der Waals surface area contributed by atoms with Crippen LogP contribution in [0.4, 0.5) is 0 Å². The van der Waals surface area contributed by atoms with E-state index in [1.165, 1.54) is 0 Å². The largest absolute Gasteiger partial charge is 0.432 e. The van der Waals surface area contributed by atoms with Gasteiger partial charge in [0.2, 0.25) is 6.29 Å². The Hall–Kier alpha value is -1.43. The number of carbonyl (C=O) groups excluding carboxylic acids is 1. The topological polar surface area (TPSA) is 295 Å². The first kappa shape index (κ1) is 42.7. The number of aliphatic hydroxyl groups is 11. The van der Waals surface area contributed by atoms with Crippen molar-refractivity contribution in [2.75, 3.05) is 19.8 Å². The standard InChI is InChI=1S/C38H60O18/c1-16-11-37-9-5-20-35(2,7-4-8-36(20,3)34(50)55-32-29(49)26(46)23(43)18(13-40)52-32)21(37)6-10-38(16,15-37)56-33-30(27(47)24(44)19(14-41)53-33)54-31-28(48)25(45)22(42)17(12-39)51-31/h11,17-33,39-49H,4-10,12-15H2,1-3H3/t17-,18-,19-,20?,21?,22-,23-,24-,25+,26+,27+,28-,29-,30-,31+,32+,33+,35+,36-,37?,38-/m1/s1. The average Bonchev–Trinajstić information content (AvgIpc) is 3.37. The lowest BCUT2D eigenvalue weighted by Gasteiger charge is -2.64. The van der Waals surface area contributed by atoms with Gasteiger partial charge >= 0.3 is 5.97 Å². The van der Waals surface area contributed by atoms with Crippen molar-refractivity contribution in [2.24, 2.45) is 28.1 Å². The highest BCUT2D eigenvalue weighted by Crippen LogP contribution is 2.72. The van der Waals surface area contributed by atoms with Crippen LogP contribution in [-0.2, 0) is 33.2 Å². The highest BCUT2D eigenvalue weighted by molar-refractivity contribution is 5.77. The summed E-state index contributed by atoms with van der Waals surface area (Å²) < 4.78 is 35.6. The number of allylic oxidation sites excluding steroid dienone is 1. The molecule has 3 saturated heterocycles. The van der Waals surface area contributed by atoms with Gasteiger partial charge in [0, 0.05) is 0 Å². The molecule has 320 valence electrons. The van der Waals surface area contributed by atoms with Gasteiger partial charge in [0.05, 0.1) is 30.8 Å². The van der Waals surface area contributed by atoms with Crippen molar-refractivity contribution in [1.29, 1.82) is 0 Å². The van der Waals surface area contributed by atoms with Crippen LogP contribution in [0.2, 0.25) is 0 Å². The zero-order valence-corrected chi connectivity index (χ0v) is 31.9. The lowest BCUT2D eigenvalue weighted by atomic mass is 9.40. The number of esters is 1. The van der Waals surface area contributed by atoms with Crippen molar-refractivity contribution in [3.63, 3.8) is 0 Å². The smallest absolute Gasteiger partial charge is 0.314 e. The number of carbonyl (C=O) groups is 1. The summed E-state index contributed by atoms with van der Waals surface area (Å²) in [6, 6.07) is 0. The van der Waals surface area contributed by atoms with E-state index < -0.39 is 129 Å². The third kappa shape index (κ3) is 6.69. The maximum atomic E-state index is 14.1. The number of hydrogen-bond acceptors (Lipinski definition) is 18. The van der Waals surface area contributed by atoms with E-state index in [1.54, 1.807) is 0 Å². The monoisotopic (exact) mass is 804 g/mol. The van der Waals surface area contributed by atoms with Gasteiger partial charge in [0.15, 0.2) is 12.6 Å². The summed E-state index contributed by atoms with van der Waals surface area (Å²) in [7, 11) is 0. The van der Waals surface area contributed by atoms with E-state index in [4.69, 9.17) is 28.4 Å². The minimum atomic E-state index is -1.80. The normalized spacial score (nSPS) is 54.5. The Bertz CT molecular complexity index is 1460. The quantitative estimate of drug-likeness (QED) is 0.0631. The molecule has 1 spiro atoms. The molecular formula is C38H60O18. The summed E-state index contributed by atoms with van der Waals surface area (Å²) >= 11 is 0. The van der Waals surface area contributed by atoms with E-state index in [-0.39, 0.29) is 22.7 Å². The Morgan fingerprint density at radius 2 is 1.21 bits per heavy atom. The van der Waals surface area contributed by atoms with Crippen LogP contribution in [0.3, 0.4) is 0 Å². The first-order valence-electron chi connectivity index (χ1n) is 19.9. The van der Waals surface area contributed by atoms with E-state index in [0.717, 1.165) is 18.4 Å². The maximum Gasteiger partial charge on any atom is 0.314 e. The van der Waals surface area contributed by atoms with E-state index >= 15 is 0 Å². The summed E-state index contributed by atoms with van der Waals surface area (Å²) in [5.41, 5.74) is -1.69. The second-order valence-electron chi connectivity index (χ2n) is 17.9. The summed E-state index contributed by atoms with van der Waals surface area (Å²) in [6.07, 6.45) is -16.1. The van der Waals surface area contributed by atoms with Gasteiger partial charge in [-0.1, -0.05) is 19.4 Å². The van der Waals surface area contributed by atoms with Gasteiger partial charge in [-0.15, -0.1) is 0 Å². The van der Waals surface area contributed by atoms with Gasteiger partial charge in [-0.05, 0) is 87.0 Å². The predicted molar refractivity (Wildman–Crippen MR) is 186 cm³/mol. The predicted octanol–water partition coefficient (Wildman–Crippen LogP) is -2.94. The van der Waals surface area contributed by atoms with Crippen LogP contribution in [0.25, 0.3) is 0 Å². The van der Waals surface area contributed by atoms with Crippen molar-refractivity contribution >= 4 is 5.97 Å². The van der Waals surface area contributed by atoms with E-state index in [1.807, 2.05) is 13.8 Å². The fourth-order valence-electron chi connectivity index (χ4n) is 11.9.